The maximum absolute atomic E-state index is 13.9. The quantitative estimate of drug-likeness (QED) is 0.172. The Hall–Kier alpha value is -3.32. The number of benzene rings is 4. The van der Waals surface area contributed by atoms with Crippen LogP contribution in [0.25, 0.3) is 0 Å². The van der Waals surface area contributed by atoms with Gasteiger partial charge < -0.3 is 4.74 Å². The lowest BCUT2D eigenvalue weighted by Gasteiger charge is -2.47. The van der Waals surface area contributed by atoms with Gasteiger partial charge in [0.15, 0.2) is 0 Å². The highest BCUT2D eigenvalue weighted by molar-refractivity contribution is 7.83. The lowest BCUT2D eigenvalue weighted by Crippen LogP contribution is -2.67. The second kappa shape index (κ2) is 13.6. The van der Waals surface area contributed by atoms with Gasteiger partial charge >= 0.3 is 5.97 Å². The Morgan fingerprint density at radius 3 is 1.76 bits per heavy atom. The van der Waals surface area contributed by atoms with E-state index in [-0.39, 0.29) is 11.0 Å². The molecule has 0 aliphatic carbocycles. The van der Waals surface area contributed by atoms with Gasteiger partial charge in [-0.05, 0) is 42.1 Å². The standard InChI is InChI=1S/C35H41NO3SSi/c1-27-21-23-29(24-22-27)40(38)36-33(32(34(37)39-5)25-28-15-9-6-10-16-28)26-41(35(2,3)4,30-17-11-7-12-18-30)31-19-13-8-14-20-31/h6-24,32-33,36H,25-26H2,1-5H3/t32-,33+,40?/m1/s1. The van der Waals surface area contributed by atoms with E-state index in [2.05, 4.69) is 74.0 Å². The minimum atomic E-state index is -2.63. The van der Waals surface area contributed by atoms with E-state index in [1.54, 1.807) is 0 Å². The number of carbonyl (C=O) groups is 1. The summed E-state index contributed by atoms with van der Waals surface area (Å²) in [6, 6.07) is 39.4. The Morgan fingerprint density at radius 2 is 1.29 bits per heavy atom. The molecule has 0 heterocycles. The van der Waals surface area contributed by atoms with Crippen molar-refractivity contribution < 1.29 is 13.7 Å². The number of carbonyl (C=O) groups excluding carboxylic acids is 1. The van der Waals surface area contributed by atoms with Gasteiger partial charge in [0.05, 0.1) is 17.9 Å². The minimum absolute atomic E-state index is 0.131. The van der Waals surface area contributed by atoms with Crippen molar-refractivity contribution in [3.8, 4) is 0 Å². The molecule has 0 spiro atoms. The predicted molar refractivity (Wildman–Crippen MR) is 173 cm³/mol. The fourth-order valence-corrected chi connectivity index (χ4v) is 12.8. The number of esters is 1. The van der Waals surface area contributed by atoms with Crippen molar-refractivity contribution >= 4 is 35.4 Å². The molecule has 41 heavy (non-hydrogen) atoms. The summed E-state index contributed by atoms with van der Waals surface area (Å²) in [7, 11) is -2.72. The molecule has 3 atom stereocenters. The van der Waals surface area contributed by atoms with Crippen molar-refractivity contribution in [1.29, 1.82) is 0 Å². The van der Waals surface area contributed by atoms with Gasteiger partial charge in [-0.2, -0.15) is 0 Å². The second-order valence-corrected chi connectivity index (χ2v) is 17.8. The minimum Gasteiger partial charge on any atom is -0.469 e. The van der Waals surface area contributed by atoms with Crippen LogP contribution in [-0.2, 0) is 26.9 Å². The molecule has 0 fully saturated rings. The largest absolute Gasteiger partial charge is 0.469 e. The normalized spacial score (nSPS) is 14.2. The summed E-state index contributed by atoms with van der Waals surface area (Å²) in [4.78, 5) is 14.3. The maximum atomic E-state index is 13.9. The third-order valence-corrected chi connectivity index (χ3v) is 15.6. The summed E-state index contributed by atoms with van der Waals surface area (Å²) >= 11 is 0. The number of ether oxygens (including phenoxy) is 1. The molecule has 6 heteroatoms. The summed E-state index contributed by atoms with van der Waals surface area (Å²) in [5.74, 6) is -0.844. The van der Waals surface area contributed by atoms with Crippen molar-refractivity contribution in [2.45, 2.75) is 56.1 Å². The molecular weight excluding hydrogens is 543 g/mol. The van der Waals surface area contributed by atoms with E-state index >= 15 is 0 Å². The van der Waals surface area contributed by atoms with Crippen LogP contribution in [0.5, 0.6) is 0 Å². The summed E-state index contributed by atoms with van der Waals surface area (Å²) in [6.07, 6.45) is 0.481. The molecule has 0 aliphatic rings. The topological polar surface area (TPSA) is 55.4 Å². The van der Waals surface area contributed by atoms with Gasteiger partial charge in [0.1, 0.15) is 19.1 Å². The average molecular weight is 584 g/mol. The summed E-state index contributed by atoms with van der Waals surface area (Å²) in [6.45, 7) is 8.92. The van der Waals surface area contributed by atoms with Crippen molar-refractivity contribution in [3.63, 3.8) is 0 Å². The molecule has 0 aliphatic heterocycles. The predicted octanol–water partition coefficient (Wildman–Crippen LogP) is 6.07. The van der Waals surface area contributed by atoms with E-state index in [0.29, 0.717) is 17.4 Å². The highest BCUT2D eigenvalue weighted by atomic mass is 32.2. The first-order chi connectivity index (χ1) is 19.7. The monoisotopic (exact) mass is 583 g/mol. The highest BCUT2D eigenvalue weighted by Crippen LogP contribution is 2.41. The molecule has 1 unspecified atom stereocenters. The van der Waals surface area contributed by atoms with Crippen LogP contribution < -0.4 is 15.1 Å². The van der Waals surface area contributed by atoms with Crippen LogP contribution in [0.3, 0.4) is 0 Å². The fourth-order valence-electron chi connectivity index (χ4n) is 5.89. The molecule has 0 aromatic heterocycles. The molecular formula is C35H41NO3SSi. The third kappa shape index (κ3) is 7.12. The third-order valence-electron chi connectivity index (χ3n) is 8.12. The van der Waals surface area contributed by atoms with Crippen LogP contribution >= 0.6 is 0 Å². The molecule has 0 bridgehead atoms. The van der Waals surface area contributed by atoms with Gasteiger partial charge in [-0.1, -0.05) is 140 Å². The smallest absolute Gasteiger partial charge is 0.310 e. The number of hydrogen-bond acceptors (Lipinski definition) is 3. The Morgan fingerprint density at radius 1 is 0.805 bits per heavy atom. The molecule has 0 saturated heterocycles. The molecule has 1 N–H and O–H groups in total. The zero-order valence-electron chi connectivity index (χ0n) is 24.7. The van der Waals surface area contributed by atoms with Gasteiger partial charge in [0.25, 0.3) is 0 Å². The maximum Gasteiger partial charge on any atom is 0.310 e. The molecule has 4 aromatic carbocycles. The van der Waals surface area contributed by atoms with Gasteiger partial charge in [-0.25, -0.2) is 8.93 Å². The number of methoxy groups -OCH3 is 1. The molecule has 0 amide bonds. The Bertz CT molecular complexity index is 1380. The van der Waals surface area contributed by atoms with E-state index in [4.69, 9.17) is 4.74 Å². The van der Waals surface area contributed by atoms with Crippen LogP contribution in [0, 0.1) is 12.8 Å². The molecule has 214 valence electrons. The van der Waals surface area contributed by atoms with Crippen molar-refractivity contribution in [2.75, 3.05) is 7.11 Å². The number of hydrogen-bond donors (Lipinski definition) is 1. The summed E-state index contributed by atoms with van der Waals surface area (Å²) < 4.78 is 22.8. The van der Waals surface area contributed by atoms with Gasteiger partial charge in [-0.3, -0.25) is 4.79 Å². The Balaban J connectivity index is 1.89. The van der Waals surface area contributed by atoms with E-state index in [9.17, 15) is 9.00 Å². The fraction of sp³-hybridized carbons (Fsp3) is 0.286. The second-order valence-electron chi connectivity index (χ2n) is 11.7. The average Bonchev–Trinajstić information content (AvgIpc) is 2.98. The number of aryl methyl sites for hydroxylation is 1. The number of nitrogens with one attached hydrogen (secondary N) is 1. The van der Waals surface area contributed by atoms with Crippen molar-refractivity contribution in [1.82, 2.24) is 4.72 Å². The first kappa shape index (κ1) is 30.6. The Labute approximate surface area is 248 Å². The van der Waals surface area contributed by atoms with E-state index in [1.807, 2.05) is 73.7 Å². The van der Waals surface area contributed by atoms with Gasteiger partial charge in [-0.15, -0.1) is 0 Å². The van der Waals surface area contributed by atoms with E-state index < -0.39 is 31.0 Å². The molecule has 0 saturated carbocycles. The SMILES string of the molecule is COC(=O)[C@H](Cc1ccccc1)[C@H](C[Si](c1ccccc1)(c1ccccc1)C(C)(C)C)NS(=O)c1ccc(C)cc1. The number of rotatable bonds is 11. The first-order valence-electron chi connectivity index (χ1n) is 14.1. The molecule has 4 aromatic rings. The zero-order chi connectivity index (χ0) is 29.5. The molecule has 4 nitrogen and oxygen atoms in total. The van der Waals surface area contributed by atoms with Crippen LogP contribution in [0.1, 0.15) is 31.9 Å². The van der Waals surface area contributed by atoms with Gasteiger partial charge in [0, 0.05) is 6.04 Å². The van der Waals surface area contributed by atoms with E-state index in [0.717, 1.165) is 11.1 Å². The molecule has 4 rings (SSSR count). The van der Waals surface area contributed by atoms with E-state index in [1.165, 1.54) is 17.5 Å². The summed E-state index contributed by atoms with van der Waals surface area (Å²) in [5.41, 5.74) is 2.14. The lowest BCUT2D eigenvalue weighted by molar-refractivity contribution is -0.146. The Kier molecular flexibility index (Phi) is 10.1. The van der Waals surface area contributed by atoms with Crippen LogP contribution in [0.2, 0.25) is 11.1 Å². The molecule has 0 radical (unpaired) electrons. The van der Waals surface area contributed by atoms with Crippen LogP contribution in [0.15, 0.2) is 120 Å². The first-order valence-corrected chi connectivity index (χ1v) is 17.5. The van der Waals surface area contributed by atoms with Gasteiger partial charge in [0.2, 0.25) is 0 Å². The van der Waals surface area contributed by atoms with Crippen LogP contribution in [-0.4, -0.2) is 31.4 Å². The highest BCUT2D eigenvalue weighted by Gasteiger charge is 2.50. The lowest BCUT2D eigenvalue weighted by atomic mass is 9.93. The zero-order valence-corrected chi connectivity index (χ0v) is 26.5. The summed E-state index contributed by atoms with van der Waals surface area (Å²) in [5, 5.41) is 2.44. The van der Waals surface area contributed by atoms with Crippen LogP contribution in [0.4, 0.5) is 0 Å². The van der Waals surface area contributed by atoms with Crippen molar-refractivity contribution in [3.05, 3.63) is 126 Å². The van der Waals surface area contributed by atoms with Crippen molar-refractivity contribution in [2.24, 2.45) is 5.92 Å².